The summed E-state index contributed by atoms with van der Waals surface area (Å²) in [5, 5.41) is 3.80. The Morgan fingerprint density at radius 3 is 2.38 bits per heavy atom. The van der Waals surface area contributed by atoms with Gasteiger partial charge in [-0.3, -0.25) is 0 Å². The fraction of sp³-hybridized carbons (Fsp3) is 0.368. The van der Waals surface area contributed by atoms with E-state index >= 15 is 0 Å². The first-order valence-corrected chi connectivity index (χ1v) is 7.84. The van der Waals surface area contributed by atoms with E-state index in [0.29, 0.717) is 12.1 Å². The zero-order valence-corrected chi connectivity index (χ0v) is 12.4. The van der Waals surface area contributed by atoms with Gasteiger partial charge in [-0.15, -0.1) is 0 Å². The molecule has 0 bridgehead atoms. The van der Waals surface area contributed by atoms with E-state index in [9.17, 15) is 0 Å². The third-order valence-electron chi connectivity index (χ3n) is 4.08. The maximum Gasteiger partial charge on any atom is 0.0619 e. The molecule has 2 atom stereocenters. The largest absolute Gasteiger partial charge is 0.380 e. The summed E-state index contributed by atoms with van der Waals surface area (Å²) in [4.78, 5) is 0. The number of rotatable bonds is 5. The third-order valence-corrected chi connectivity index (χ3v) is 4.08. The van der Waals surface area contributed by atoms with Crippen molar-refractivity contribution in [2.45, 2.75) is 31.3 Å². The molecule has 0 aromatic heterocycles. The smallest absolute Gasteiger partial charge is 0.0619 e. The summed E-state index contributed by atoms with van der Waals surface area (Å²) in [6, 6.07) is 22.3. The van der Waals surface area contributed by atoms with Gasteiger partial charge in [0.25, 0.3) is 0 Å². The van der Waals surface area contributed by atoms with Crippen LogP contribution in [-0.2, 0) is 11.2 Å². The molecule has 2 heteroatoms. The molecule has 1 heterocycles. The van der Waals surface area contributed by atoms with Crippen molar-refractivity contribution in [2.24, 2.45) is 0 Å². The second-order valence-corrected chi connectivity index (χ2v) is 5.73. The van der Waals surface area contributed by atoms with E-state index in [0.717, 1.165) is 26.1 Å². The average molecular weight is 281 g/mol. The first kappa shape index (κ1) is 14.3. The molecule has 21 heavy (non-hydrogen) atoms. The molecular weight excluding hydrogens is 258 g/mol. The van der Waals surface area contributed by atoms with Crippen LogP contribution in [-0.4, -0.2) is 19.3 Å². The lowest BCUT2D eigenvalue weighted by Crippen LogP contribution is -2.39. The van der Waals surface area contributed by atoms with Gasteiger partial charge in [-0.05, 0) is 30.4 Å². The van der Waals surface area contributed by atoms with Crippen LogP contribution >= 0.6 is 0 Å². The standard InChI is InChI=1S/C19H23NO/c1-3-8-16(9-4-1)14-19(17-10-5-2-6-11-17)20-18-12-7-13-21-15-18/h1-6,8-11,18-20H,7,12-15H2. The Balaban J connectivity index is 1.74. The summed E-state index contributed by atoms with van der Waals surface area (Å²) in [7, 11) is 0. The molecule has 1 fully saturated rings. The summed E-state index contributed by atoms with van der Waals surface area (Å²) in [6.45, 7) is 1.74. The van der Waals surface area contributed by atoms with Gasteiger partial charge >= 0.3 is 0 Å². The molecule has 3 rings (SSSR count). The highest BCUT2D eigenvalue weighted by Crippen LogP contribution is 2.20. The molecule has 0 amide bonds. The van der Waals surface area contributed by atoms with Gasteiger partial charge in [0.15, 0.2) is 0 Å². The maximum absolute atomic E-state index is 5.61. The van der Waals surface area contributed by atoms with Gasteiger partial charge in [0.2, 0.25) is 0 Å². The predicted octanol–water partition coefficient (Wildman–Crippen LogP) is 3.74. The van der Waals surface area contributed by atoms with Crippen LogP contribution in [0.3, 0.4) is 0 Å². The Bertz CT molecular complexity index is 520. The van der Waals surface area contributed by atoms with Crippen molar-refractivity contribution >= 4 is 0 Å². The van der Waals surface area contributed by atoms with Crippen LogP contribution in [0.2, 0.25) is 0 Å². The van der Waals surface area contributed by atoms with E-state index in [-0.39, 0.29) is 0 Å². The topological polar surface area (TPSA) is 21.3 Å². The van der Waals surface area contributed by atoms with Crippen molar-refractivity contribution in [1.29, 1.82) is 0 Å². The van der Waals surface area contributed by atoms with E-state index in [1.54, 1.807) is 0 Å². The highest BCUT2D eigenvalue weighted by Gasteiger charge is 2.19. The van der Waals surface area contributed by atoms with Crippen LogP contribution < -0.4 is 5.32 Å². The Hall–Kier alpha value is -1.64. The zero-order chi connectivity index (χ0) is 14.3. The van der Waals surface area contributed by atoms with Gasteiger partial charge < -0.3 is 10.1 Å². The summed E-state index contributed by atoms with van der Waals surface area (Å²) in [5.74, 6) is 0. The van der Waals surface area contributed by atoms with E-state index < -0.39 is 0 Å². The van der Waals surface area contributed by atoms with Gasteiger partial charge in [-0.1, -0.05) is 60.7 Å². The summed E-state index contributed by atoms with van der Waals surface area (Å²) < 4.78 is 5.61. The molecule has 0 radical (unpaired) electrons. The normalized spacial score (nSPS) is 20.1. The van der Waals surface area contributed by atoms with Gasteiger partial charge in [0, 0.05) is 18.7 Å². The molecule has 0 spiro atoms. The maximum atomic E-state index is 5.61. The SMILES string of the molecule is c1ccc(CC(NC2CCCOC2)c2ccccc2)cc1. The number of hydrogen-bond acceptors (Lipinski definition) is 2. The number of hydrogen-bond donors (Lipinski definition) is 1. The Morgan fingerprint density at radius 2 is 1.71 bits per heavy atom. The van der Waals surface area contributed by atoms with Crippen LogP contribution in [0, 0.1) is 0 Å². The molecule has 2 aromatic carbocycles. The van der Waals surface area contributed by atoms with E-state index in [1.807, 2.05) is 0 Å². The van der Waals surface area contributed by atoms with Crippen molar-refractivity contribution in [3.63, 3.8) is 0 Å². The Morgan fingerprint density at radius 1 is 1.00 bits per heavy atom. The minimum absolute atomic E-state index is 0.348. The van der Waals surface area contributed by atoms with Gasteiger partial charge in [-0.2, -0.15) is 0 Å². The summed E-state index contributed by atoms with van der Waals surface area (Å²) in [5.41, 5.74) is 2.72. The van der Waals surface area contributed by atoms with Crippen molar-refractivity contribution in [1.82, 2.24) is 5.32 Å². The second kappa shape index (κ2) is 7.39. The fourth-order valence-corrected chi connectivity index (χ4v) is 2.96. The molecule has 1 saturated heterocycles. The molecule has 1 aliphatic rings. The lowest BCUT2D eigenvalue weighted by atomic mass is 9.97. The first-order chi connectivity index (χ1) is 10.4. The van der Waals surface area contributed by atoms with Gasteiger partial charge in [-0.25, -0.2) is 0 Å². The Labute approximate surface area is 127 Å². The lowest BCUT2D eigenvalue weighted by Gasteiger charge is -2.29. The van der Waals surface area contributed by atoms with Crippen molar-refractivity contribution in [2.75, 3.05) is 13.2 Å². The van der Waals surface area contributed by atoms with Crippen LogP contribution in [0.4, 0.5) is 0 Å². The quantitative estimate of drug-likeness (QED) is 0.901. The fourth-order valence-electron chi connectivity index (χ4n) is 2.96. The van der Waals surface area contributed by atoms with Crippen LogP contribution in [0.5, 0.6) is 0 Å². The van der Waals surface area contributed by atoms with Gasteiger partial charge in [0.1, 0.15) is 0 Å². The zero-order valence-electron chi connectivity index (χ0n) is 12.4. The van der Waals surface area contributed by atoms with Crippen LogP contribution in [0.25, 0.3) is 0 Å². The Kier molecular flexibility index (Phi) is 5.03. The van der Waals surface area contributed by atoms with Crippen LogP contribution in [0.1, 0.15) is 30.0 Å². The highest BCUT2D eigenvalue weighted by molar-refractivity contribution is 5.24. The molecule has 110 valence electrons. The molecule has 2 nitrogen and oxygen atoms in total. The third kappa shape index (κ3) is 4.16. The minimum Gasteiger partial charge on any atom is -0.380 e. The van der Waals surface area contributed by atoms with E-state index in [4.69, 9.17) is 4.74 Å². The van der Waals surface area contributed by atoms with E-state index in [2.05, 4.69) is 66.0 Å². The molecule has 2 aromatic rings. The highest BCUT2D eigenvalue weighted by atomic mass is 16.5. The molecule has 2 unspecified atom stereocenters. The van der Waals surface area contributed by atoms with Crippen molar-refractivity contribution in [3.8, 4) is 0 Å². The van der Waals surface area contributed by atoms with Crippen LogP contribution in [0.15, 0.2) is 60.7 Å². The molecule has 1 aliphatic heterocycles. The summed E-state index contributed by atoms with van der Waals surface area (Å²) in [6.07, 6.45) is 3.38. The van der Waals surface area contributed by atoms with E-state index in [1.165, 1.54) is 17.5 Å². The second-order valence-electron chi connectivity index (χ2n) is 5.73. The molecular formula is C19H23NO. The molecule has 0 saturated carbocycles. The molecule has 1 N–H and O–H groups in total. The number of nitrogens with one attached hydrogen (secondary N) is 1. The van der Waals surface area contributed by atoms with Crippen molar-refractivity contribution in [3.05, 3.63) is 71.8 Å². The van der Waals surface area contributed by atoms with Gasteiger partial charge in [0.05, 0.1) is 6.61 Å². The number of benzene rings is 2. The predicted molar refractivity (Wildman–Crippen MR) is 86.3 cm³/mol. The number of ether oxygens (including phenoxy) is 1. The van der Waals surface area contributed by atoms with Crippen molar-refractivity contribution < 1.29 is 4.74 Å². The molecule has 0 aliphatic carbocycles. The summed E-state index contributed by atoms with van der Waals surface area (Å²) >= 11 is 0. The first-order valence-electron chi connectivity index (χ1n) is 7.84. The lowest BCUT2D eigenvalue weighted by molar-refractivity contribution is 0.0663. The monoisotopic (exact) mass is 281 g/mol. The minimum atomic E-state index is 0.348. The average Bonchev–Trinajstić information content (AvgIpc) is 2.57.